The predicted molar refractivity (Wildman–Crippen MR) is 125 cm³/mol. The molecule has 0 radical (unpaired) electrons. The Bertz CT molecular complexity index is 1140. The Labute approximate surface area is 180 Å². The molecule has 2 aromatic carbocycles. The molecule has 2 aliphatic heterocycles. The van der Waals surface area contributed by atoms with E-state index in [-0.39, 0.29) is 5.91 Å². The monoisotopic (exact) mass is 416 g/mol. The van der Waals surface area contributed by atoms with Gasteiger partial charge in [0.2, 0.25) is 0 Å². The molecule has 0 spiro atoms. The average molecular weight is 417 g/mol. The maximum Gasteiger partial charge on any atom is 0.286 e. The number of rotatable bonds is 3. The minimum absolute atomic E-state index is 0.131. The zero-order chi connectivity index (χ0) is 20.5. The molecule has 5 nitrogen and oxygen atoms in total. The molecule has 0 N–H and O–H groups in total. The van der Waals surface area contributed by atoms with Gasteiger partial charge in [0, 0.05) is 55.4 Å². The predicted octanol–water partition coefficient (Wildman–Crippen LogP) is 3.91. The quantitative estimate of drug-likeness (QED) is 0.607. The number of aliphatic imine (C=N–C) groups is 1. The highest BCUT2D eigenvalue weighted by Gasteiger charge is 2.28. The number of carbonyl (C=O) groups excluding carboxylic acids is 1. The van der Waals surface area contributed by atoms with Gasteiger partial charge in [-0.25, -0.2) is 0 Å². The van der Waals surface area contributed by atoms with Crippen LogP contribution in [0.15, 0.2) is 70.7 Å². The third kappa shape index (κ3) is 3.80. The van der Waals surface area contributed by atoms with E-state index in [2.05, 4.69) is 75.1 Å². The molecule has 0 aliphatic carbocycles. The number of amidine groups is 1. The van der Waals surface area contributed by atoms with Crippen LogP contribution in [-0.4, -0.2) is 58.7 Å². The van der Waals surface area contributed by atoms with Crippen molar-refractivity contribution in [2.75, 3.05) is 33.2 Å². The first-order valence-corrected chi connectivity index (χ1v) is 11.1. The number of benzene rings is 2. The van der Waals surface area contributed by atoms with Gasteiger partial charge in [-0.3, -0.25) is 4.79 Å². The van der Waals surface area contributed by atoms with Gasteiger partial charge in [-0.1, -0.05) is 48.5 Å². The molecule has 1 aromatic heterocycles. The highest BCUT2D eigenvalue weighted by molar-refractivity contribution is 8.18. The van der Waals surface area contributed by atoms with Crippen LogP contribution in [0.5, 0.6) is 0 Å². The van der Waals surface area contributed by atoms with E-state index in [9.17, 15) is 4.79 Å². The van der Waals surface area contributed by atoms with Crippen LogP contribution >= 0.6 is 11.8 Å². The lowest BCUT2D eigenvalue weighted by atomic mass is 10.1. The maximum atomic E-state index is 12.6. The SMILES string of the molecule is CN1CCN(C2=NC(=O)C(=Cc3cn(Cc4ccccc4)c4ccccc34)S2)CC1. The highest BCUT2D eigenvalue weighted by atomic mass is 32.2. The standard InChI is InChI=1S/C24H24N4OS/c1-26-11-13-27(14-12-26)24-25-23(29)22(30-24)15-19-17-28(16-18-7-3-2-4-8-18)21-10-6-5-9-20(19)21/h2-10,15,17H,11-14,16H2,1H3. The van der Waals surface area contributed by atoms with Crippen molar-refractivity contribution in [1.29, 1.82) is 0 Å². The second-order valence-corrected chi connectivity index (χ2v) is 8.82. The second-order valence-electron chi connectivity index (χ2n) is 7.82. The summed E-state index contributed by atoms with van der Waals surface area (Å²) in [5.74, 6) is -0.131. The van der Waals surface area contributed by atoms with Crippen LogP contribution in [0.2, 0.25) is 0 Å². The molecule has 1 fully saturated rings. The Morgan fingerprint density at radius 3 is 2.53 bits per heavy atom. The molecule has 3 heterocycles. The summed E-state index contributed by atoms with van der Waals surface area (Å²) in [4.78, 5) is 22.2. The Morgan fingerprint density at radius 2 is 1.73 bits per heavy atom. The number of thioether (sulfide) groups is 1. The molecule has 0 bridgehead atoms. The number of fused-ring (bicyclic) bond motifs is 1. The van der Waals surface area contributed by atoms with Crippen molar-refractivity contribution in [3.8, 4) is 0 Å². The number of aromatic nitrogens is 1. The first-order valence-electron chi connectivity index (χ1n) is 10.3. The number of para-hydroxylation sites is 1. The topological polar surface area (TPSA) is 40.8 Å². The maximum absolute atomic E-state index is 12.6. The second kappa shape index (κ2) is 8.13. The van der Waals surface area contributed by atoms with E-state index in [1.54, 1.807) is 0 Å². The van der Waals surface area contributed by atoms with Crippen molar-refractivity contribution in [3.05, 3.63) is 76.8 Å². The van der Waals surface area contributed by atoms with E-state index in [0.717, 1.165) is 48.8 Å². The number of hydrogen-bond acceptors (Lipinski definition) is 4. The third-order valence-electron chi connectivity index (χ3n) is 5.68. The summed E-state index contributed by atoms with van der Waals surface area (Å²) in [5.41, 5.74) is 3.49. The van der Waals surface area contributed by atoms with Crippen molar-refractivity contribution in [1.82, 2.24) is 14.4 Å². The number of amides is 1. The zero-order valence-corrected chi connectivity index (χ0v) is 17.8. The summed E-state index contributed by atoms with van der Waals surface area (Å²) in [5, 5.41) is 2.00. The largest absolute Gasteiger partial charge is 0.348 e. The summed E-state index contributed by atoms with van der Waals surface area (Å²) in [7, 11) is 2.13. The summed E-state index contributed by atoms with van der Waals surface area (Å²) < 4.78 is 2.25. The third-order valence-corrected chi connectivity index (χ3v) is 6.73. The Kier molecular flexibility index (Phi) is 5.19. The smallest absolute Gasteiger partial charge is 0.286 e. The summed E-state index contributed by atoms with van der Waals surface area (Å²) >= 11 is 1.50. The highest BCUT2D eigenvalue weighted by Crippen LogP contribution is 2.33. The molecule has 6 heteroatoms. The van der Waals surface area contributed by atoms with E-state index in [1.807, 2.05) is 18.2 Å². The summed E-state index contributed by atoms with van der Waals surface area (Å²) in [6, 6.07) is 18.8. The number of nitrogens with zero attached hydrogens (tertiary/aromatic N) is 4. The van der Waals surface area contributed by atoms with Gasteiger partial charge in [0.15, 0.2) is 5.17 Å². The van der Waals surface area contributed by atoms with E-state index < -0.39 is 0 Å². The number of piperazine rings is 1. The van der Waals surface area contributed by atoms with Crippen LogP contribution in [0.1, 0.15) is 11.1 Å². The van der Waals surface area contributed by atoms with E-state index in [0.29, 0.717) is 4.91 Å². The molecular formula is C24H24N4OS. The van der Waals surface area contributed by atoms with Gasteiger partial charge >= 0.3 is 0 Å². The molecule has 30 heavy (non-hydrogen) atoms. The van der Waals surface area contributed by atoms with Gasteiger partial charge < -0.3 is 14.4 Å². The van der Waals surface area contributed by atoms with Crippen molar-refractivity contribution in [2.24, 2.45) is 4.99 Å². The minimum Gasteiger partial charge on any atom is -0.348 e. The lowest BCUT2D eigenvalue weighted by molar-refractivity contribution is -0.113. The first-order chi connectivity index (χ1) is 14.7. The van der Waals surface area contributed by atoms with Gasteiger partial charge in [-0.05, 0) is 36.5 Å². The van der Waals surface area contributed by atoms with Gasteiger partial charge in [0.25, 0.3) is 5.91 Å². The van der Waals surface area contributed by atoms with Crippen molar-refractivity contribution < 1.29 is 4.79 Å². The number of hydrogen-bond donors (Lipinski definition) is 0. The van der Waals surface area contributed by atoms with Crippen LogP contribution in [0, 0.1) is 0 Å². The fourth-order valence-corrected chi connectivity index (χ4v) is 4.93. The molecule has 3 aromatic rings. The van der Waals surface area contributed by atoms with Crippen LogP contribution in [0.4, 0.5) is 0 Å². The fraction of sp³-hybridized carbons (Fsp3) is 0.250. The number of carbonyl (C=O) groups is 1. The van der Waals surface area contributed by atoms with Gasteiger partial charge in [-0.2, -0.15) is 4.99 Å². The Hall–Kier alpha value is -2.83. The van der Waals surface area contributed by atoms with Gasteiger partial charge in [0.1, 0.15) is 0 Å². The number of likely N-dealkylation sites (N-methyl/N-ethyl adjacent to an activating group) is 1. The molecule has 2 aliphatic rings. The zero-order valence-electron chi connectivity index (χ0n) is 17.0. The van der Waals surface area contributed by atoms with Crippen LogP contribution in [0.25, 0.3) is 17.0 Å². The minimum atomic E-state index is -0.131. The van der Waals surface area contributed by atoms with Crippen LogP contribution < -0.4 is 0 Å². The molecular weight excluding hydrogens is 392 g/mol. The van der Waals surface area contributed by atoms with Gasteiger partial charge in [-0.15, -0.1) is 0 Å². The molecule has 0 unspecified atom stereocenters. The molecule has 1 amide bonds. The molecule has 0 saturated carbocycles. The molecule has 0 atom stereocenters. The Balaban J connectivity index is 1.43. The molecule has 1 saturated heterocycles. The normalized spacial score (nSPS) is 19.1. The van der Waals surface area contributed by atoms with Crippen molar-refractivity contribution >= 4 is 39.8 Å². The average Bonchev–Trinajstić information content (AvgIpc) is 3.30. The van der Waals surface area contributed by atoms with E-state index in [1.165, 1.54) is 22.8 Å². The lowest BCUT2D eigenvalue weighted by Gasteiger charge is -2.32. The van der Waals surface area contributed by atoms with Gasteiger partial charge in [0.05, 0.1) is 4.91 Å². The lowest BCUT2D eigenvalue weighted by Crippen LogP contribution is -2.46. The van der Waals surface area contributed by atoms with Crippen molar-refractivity contribution in [3.63, 3.8) is 0 Å². The first kappa shape index (κ1) is 19.2. The fourth-order valence-electron chi connectivity index (χ4n) is 3.97. The Morgan fingerprint density at radius 1 is 1.00 bits per heavy atom. The van der Waals surface area contributed by atoms with Crippen LogP contribution in [0.3, 0.4) is 0 Å². The molecule has 152 valence electrons. The summed E-state index contributed by atoms with van der Waals surface area (Å²) in [6.07, 6.45) is 4.15. The van der Waals surface area contributed by atoms with Crippen LogP contribution in [-0.2, 0) is 11.3 Å². The van der Waals surface area contributed by atoms with Crippen molar-refractivity contribution in [2.45, 2.75) is 6.54 Å². The summed E-state index contributed by atoms with van der Waals surface area (Å²) in [6.45, 7) is 4.63. The van der Waals surface area contributed by atoms with E-state index >= 15 is 0 Å². The van der Waals surface area contributed by atoms with E-state index in [4.69, 9.17) is 0 Å². The molecule has 5 rings (SSSR count).